The molecule has 1 aromatic carbocycles. The molecule has 0 bridgehead atoms. The minimum Gasteiger partial charge on any atom is -0.494 e. The highest BCUT2D eigenvalue weighted by Gasteiger charge is 2.24. The zero-order valence-corrected chi connectivity index (χ0v) is 16.8. The van der Waals surface area contributed by atoms with Gasteiger partial charge < -0.3 is 15.0 Å². The van der Waals surface area contributed by atoms with E-state index in [4.69, 9.17) is 4.74 Å². The molecule has 1 atom stereocenters. The van der Waals surface area contributed by atoms with Gasteiger partial charge in [0.25, 0.3) is 5.56 Å². The molecule has 2 N–H and O–H groups in total. The van der Waals surface area contributed by atoms with Gasteiger partial charge in [-0.15, -0.1) is 11.3 Å². The average Bonchev–Trinajstić information content (AvgIpc) is 2.97. The summed E-state index contributed by atoms with van der Waals surface area (Å²) in [4.78, 5) is 41.1. The normalized spacial score (nSPS) is 17.2. The van der Waals surface area contributed by atoms with Crippen molar-refractivity contribution in [2.45, 2.75) is 32.2 Å². The van der Waals surface area contributed by atoms with E-state index < -0.39 is 23.1 Å². The van der Waals surface area contributed by atoms with E-state index in [0.29, 0.717) is 35.2 Å². The number of halogens is 1. The first-order valence-electron chi connectivity index (χ1n) is 9.28. The zero-order valence-electron chi connectivity index (χ0n) is 16.0. The molecule has 2 aromatic heterocycles. The Morgan fingerprint density at radius 2 is 2.03 bits per heavy atom. The fraction of sp³-hybridized carbons (Fsp3) is 0.350. The van der Waals surface area contributed by atoms with Crippen LogP contribution < -0.4 is 21.3 Å². The van der Waals surface area contributed by atoms with E-state index in [1.165, 1.54) is 24.5 Å². The van der Waals surface area contributed by atoms with Crippen molar-refractivity contribution in [2.75, 3.05) is 13.7 Å². The molecule has 152 valence electrons. The van der Waals surface area contributed by atoms with E-state index >= 15 is 0 Å². The molecule has 0 saturated carbocycles. The van der Waals surface area contributed by atoms with Gasteiger partial charge in [0.15, 0.2) is 11.6 Å². The second-order valence-corrected chi connectivity index (χ2v) is 8.16. The number of rotatable bonds is 3. The van der Waals surface area contributed by atoms with Crippen LogP contribution in [0.4, 0.5) is 4.39 Å². The Labute approximate surface area is 169 Å². The fourth-order valence-corrected chi connectivity index (χ4v) is 4.87. The van der Waals surface area contributed by atoms with E-state index in [1.807, 2.05) is 0 Å². The smallest absolute Gasteiger partial charge is 0.329 e. The van der Waals surface area contributed by atoms with Gasteiger partial charge in [-0.25, -0.2) is 9.18 Å². The highest BCUT2D eigenvalue weighted by atomic mass is 32.1. The summed E-state index contributed by atoms with van der Waals surface area (Å²) in [6.07, 6.45) is 1.37. The van der Waals surface area contributed by atoms with Gasteiger partial charge >= 0.3 is 5.69 Å². The van der Waals surface area contributed by atoms with Crippen molar-refractivity contribution in [1.82, 2.24) is 14.9 Å². The van der Waals surface area contributed by atoms with Crippen LogP contribution in [0.3, 0.4) is 0 Å². The van der Waals surface area contributed by atoms with Crippen LogP contribution in [0, 0.1) is 12.7 Å². The Morgan fingerprint density at radius 3 is 2.79 bits per heavy atom. The molecular formula is C20H20FN3O4S. The molecule has 1 aliphatic rings. The fourth-order valence-electron chi connectivity index (χ4n) is 3.73. The van der Waals surface area contributed by atoms with Gasteiger partial charge in [-0.3, -0.25) is 14.2 Å². The van der Waals surface area contributed by atoms with Gasteiger partial charge in [-0.1, -0.05) is 0 Å². The number of benzene rings is 1. The molecule has 0 aliphatic carbocycles. The van der Waals surface area contributed by atoms with Crippen molar-refractivity contribution in [1.29, 1.82) is 0 Å². The summed E-state index contributed by atoms with van der Waals surface area (Å²) >= 11 is 1.23. The van der Waals surface area contributed by atoms with E-state index in [-0.39, 0.29) is 18.1 Å². The molecule has 0 unspecified atom stereocenters. The molecule has 1 fully saturated rings. The van der Waals surface area contributed by atoms with Crippen LogP contribution in [0.5, 0.6) is 5.75 Å². The number of fused-ring (bicyclic) bond motifs is 1. The average molecular weight is 417 g/mol. The Hall–Kier alpha value is -2.94. The summed E-state index contributed by atoms with van der Waals surface area (Å²) < 4.78 is 20.6. The topological polar surface area (TPSA) is 93.2 Å². The Morgan fingerprint density at radius 1 is 1.24 bits per heavy atom. The minimum absolute atomic E-state index is 0.0982. The lowest BCUT2D eigenvalue weighted by molar-refractivity contribution is -0.121. The molecular weight excluding hydrogens is 397 g/mol. The summed E-state index contributed by atoms with van der Waals surface area (Å²) in [7, 11) is 1.39. The van der Waals surface area contributed by atoms with Gasteiger partial charge in [0, 0.05) is 17.8 Å². The number of aryl methyl sites for hydroxylation is 1. The number of H-pyrrole nitrogens is 1. The number of nitrogens with one attached hydrogen (secondary N) is 2. The summed E-state index contributed by atoms with van der Waals surface area (Å²) in [5.41, 5.74) is 0.909. The quantitative estimate of drug-likeness (QED) is 0.685. The largest absolute Gasteiger partial charge is 0.494 e. The Kier molecular flexibility index (Phi) is 4.99. The summed E-state index contributed by atoms with van der Waals surface area (Å²) in [6.45, 7) is 2.31. The van der Waals surface area contributed by atoms with Crippen LogP contribution in [0.2, 0.25) is 0 Å². The number of hydrogen-bond acceptors (Lipinski definition) is 5. The van der Waals surface area contributed by atoms with Crippen LogP contribution in [0.15, 0.2) is 27.8 Å². The SMILES string of the molecule is COc1cc(-c2cc3[nH]c(=O)n([C@@H]4CCCNC(=O)C4)c(=O)c3s2)c(C)cc1F. The first kappa shape index (κ1) is 19.4. The lowest BCUT2D eigenvalue weighted by Crippen LogP contribution is -2.38. The second-order valence-electron chi connectivity index (χ2n) is 7.11. The number of nitrogens with zero attached hydrogens (tertiary/aromatic N) is 1. The molecule has 3 aromatic rings. The monoisotopic (exact) mass is 417 g/mol. The molecule has 9 heteroatoms. The van der Waals surface area contributed by atoms with Gasteiger partial charge in [0.1, 0.15) is 4.70 Å². The second kappa shape index (κ2) is 7.47. The van der Waals surface area contributed by atoms with Crippen molar-refractivity contribution in [2.24, 2.45) is 0 Å². The lowest BCUT2D eigenvalue weighted by atomic mass is 10.1. The number of carbonyl (C=O) groups excluding carboxylic acids is 1. The molecule has 3 heterocycles. The first-order chi connectivity index (χ1) is 13.9. The van der Waals surface area contributed by atoms with E-state index in [2.05, 4.69) is 10.3 Å². The third kappa shape index (κ3) is 3.46. The third-order valence-corrected chi connectivity index (χ3v) is 6.35. The minimum atomic E-state index is -0.528. The zero-order chi connectivity index (χ0) is 20.7. The molecule has 0 spiro atoms. The number of thiophene rings is 1. The third-order valence-electron chi connectivity index (χ3n) is 5.19. The molecule has 29 heavy (non-hydrogen) atoms. The number of methoxy groups -OCH3 is 1. The predicted molar refractivity (Wildman–Crippen MR) is 109 cm³/mol. The van der Waals surface area contributed by atoms with Crippen LogP contribution >= 0.6 is 11.3 Å². The van der Waals surface area contributed by atoms with E-state index in [0.717, 1.165) is 15.0 Å². The summed E-state index contributed by atoms with van der Waals surface area (Å²) in [6, 6.07) is 4.20. The van der Waals surface area contributed by atoms with Gasteiger partial charge in [-0.2, -0.15) is 0 Å². The van der Waals surface area contributed by atoms with Crippen molar-refractivity contribution >= 4 is 27.5 Å². The first-order valence-corrected chi connectivity index (χ1v) is 10.1. The number of carbonyl (C=O) groups is 1. The standard InChI is InChI=1S/C20H20FN3O4S/c1-10-6-13(21)15(28-2)8-12(10)16-9-14-18(29-16)19(26)24(20(27)23-14)11-4-3-5-22-17(25)7-11/h6,8-9,11H,3-5,7H2,1-2H3,(H,22,25)(H,23,27)/t11-/m1/s1. The number of amides is 1. The summed E-state index contributed by atoms with van der Waals surface area (Å²) in [5, 5.41) is 2.76. The van der Waals surface area contributed by atoms with E-state index in [9.17, 15) is 18.8 Å². The van der Waals surface area contributed by atoms with Gasteiger partial charge in [-0.05, 0) is 49.1 Å². The van der Waals surface area contributed by atoms with Crippen molar-refractivity contribution in [3.05, 3.63) is 50.4 Å². The molecule has 7 nitrogen and oxygen atoms in total. The van der Waals surface area contributed by atoms with E-state index in [1.54, 1.807) is 19.1 Å². The highest BCUT2D eigenvalue weighted by Crippen LogP contribution is 2.36. The summed E-state index contributed by atoms with van der Waals surface area (Å²) in [5.74, 6) is -0.518. The Bertz CT molecular complexity index is 1230. The highest BCUT2D eigenvalue weighted by molar-refractivity contribution is 7.22. The molecule has 4 rings (SSSR count). The van der Waals surface area contributed by atoms with Crippen LogP contribution in [0.1, 0.15) is 30.9 Å². The van der Waals surface area contributed by atoms with Gasteiger partial charge in [0.05, 0.1) is 18.7 Å². The lowest BCUT2D eigenvalue weighted by Gasteiger charge is -2.14. The number of hydrogen-bond donors (Lipinski definition) is 2. The molecule has 0 radical (unpaired) electrons. The number of aromatic nitrogens is 2. The molecule has 1 amide bonds. The predicted octanol–water partition coefficient (Wildman–Crippen LogP) is 2.72. The van der Waals surface area contributed by atoms with Crippen LogP contribution in [-0.4, -0.2) is 29.1 Å². The molecule has 1 saturated heterocycles. The number of ether oxygens (including phenoxy) is 1. The maximum absolute atomic E-state index is 13.9. The maximum Gasteiger partial charge on any atom is 0.329 e. The molecule has 1 aliphatic heterocycles. The Balaban J connectivity index is 1.86. The van der Waals surface area contributed by atoms with Crippen molar-refractivity contribution in [3.8, 4) is 16.2 Å². The van der Waals surface area contributed by atoms with Crippen LogP contribution in [0.25, 0.3) is 20.7 Å². The maximum atomic E-state index is 13.9. The number of aromatic amines is 1. The van der Waals surface area contributed by atoms with Crippen molar-refractivity contribution in [3.63, 3.8) is 0 Å². The van der Waals surface area contributed by atoms with Crippen LogP contribution in [-0.2, 0) is 4.79 Å². The van der Waals surface area contributed by atoms with Gasteiger partial charge in [0.2, 0.25) is 5.91 Å². The van der Waals surface area contributed by atoms with Crippen molar-refractivity contribution < 1.29 is 13.9 Å².